The average molecular weight is 428 g/mol. The smallest absolute Gasteiger partial charge is 0.337 e. The van der Waals surface area contributed by atoms with E-state index >= 15 is 0 Å². The lowest BCUT2D eigenvalue weighted by atomic mass is 10.1. The zero-order valence-corrected chi connectivity index (χ0v) is 17.4. The van der Waals surface area contributed by atoms with Crippen molar-refractivity contribution in [2.75, 3.05) is 26.6 Å². The van der Waals surface area contributed by atoms with E-state index in [9.17, 15) is 14.4 Å². The zero-order valence-electron chi connectivity index (χ0n) is 16.6. The molecule has 0 radical (unpaired) electrons. The van der Waals surface area contributed by atoms with Crippen LogP contribution in [0.5, 0.6) is 5.75 Å². The summed E-state index contributed by atoms with van der Waals surface area (Å²) in [4.78, 5) is 35.7. The largest absolute Gasteiger partial charge is 0.497 e. The molecule has 0 bridgehead atoms. The van der Waals surface area contributed by atoms with Crippen molar-refractivity contribution < 1.29 is 28.6 Å². The molecule has 0 saturated carbocycles. The van der Waals surface area contributed by atoms with E-state index in [4.69, 9.17) is 17.0 Å². The minimum atomic E-state index is -0.638. The summed E-state index contributed by atoms with van der Waals surface area (Å²) in [6.45, 7) is 0. The molecule has 30 heavy (non-hydrogen) atoms. The molecule has 0 aromatic heterocycles. The molecule has 9 heteroatoms. The highest BCUT2D eigenvalue weighted by Gasteiger charge is 2.14. The molecule has 0 aliphatic rings. The SMILES string of the molecule is COC(=O)c1cc(NC(=S)NC(=O)C=Cc2ccc(OC)cc2)cc(C(=O)OC)c1. The first-order chi connectivity index (χ1) is 14.4. The third kappa shape index (κ3) is 6.42. The molecule has 2 N–H and O–H groups in total. The number of thiocarbonyl (C=S) groups is 1. The van der Waals surface area contributed by atoms with Gasteiger partial charge in [0.1, 0.15) is 5.75 Å². The minimum Gasteiger partial charge on any atom is -0.497 e. The Labute approximate surface area is 178 Å². The van der Waals surface area contributed by atoms with Gasteiger partial charge in [-0.05, 0) is 54.2 Å². The summed E-state index contributed by atoms with van der Waals surface area (Å²) in [6, 6.07) is 11.3. The van der Waals surface area contributed by atoms with E-state index in [1.165, 1.54) is 38.5 Å². The van der Waals surface area contributed by atoms with Crippen molar-refractivity contribution in [2.24, 2.45) is 0 Å². The Kier molecular flexibility index (Phi) is 8.07. The third-order valence-corrected chi connectivity index (χ3v) is 4.02. The van der Waals surface area contributed by atoms with Gasteiger partial charge in [0.05, 0.1) is 32.5 Å². The zero-order chi connectivity index (χ0) is 22.1. The number of amides is 1. The molecule has 8 nitrogen and oxygen atoms in total. The van der Waals surface area contributed by atoms with Crippen LogP contribution in [-0.2, 0) is 14.3 Å². The number of esters is 2. The Morgan fingerprint density at radius 3 is 1.97 bits per heavy atom. The fourth-order valence-electron chi connectivity index (χ4n) is 2.37. The van der Waals surface area contributed by atoms with E-state index in [0.29, 0.717) is 11.4 Å². The predicted molar refractivity (Wildman–Crippen MR) is 116 cm³/mol. The van der Waals surface area contributed by atoms with Gasteiger partial charge in [-0.3, -0.25) is 10.1 Å². The predicted octanol–water partition coefficient (Wildman–Crippen LogP) is 2.79. The topological polar surface area (TPSA) is 103 Å². The van der Waals surface area contributed by atoms with Gasteiger partial charge in [-0.2, -0.15) is 0 Å². The van der Waals surface area contributed by atoms with Gasteiger partial charge in [0.15, 0.2) is 5.11 Å². The van der Waals surface area contributed by atoms with Gasteiger partial charge in [0.2, 0.25) is 5.91 Å². The van der Waals surface area contributed by atoms with Crippen LogP contribution in [0.1, 0.15) is 26.3 Å². The van der Waals surface area contributed by atoms with Crippen LogP contribution in [0.4, 0.5) is 5.69 Å². The maximum absolute atomic E-state index is 12.1. The summed E-state index contributed by atoms with van der Waals surface area (Å²) in [7, 11) is 4.02. The van der Waals surface area contributed by atoms with E-state index in [0.717, 1.165) is 5.56 Å². The minimum absolute atomic E-state index is 0.0165. The van der Waals surface area contributed by atoms with E-state index in [2.05, 4.69) is 20.1 Å². The molecule has 2 rings (SSSR count). The van der Waals surface area contributed by atoms with Crippen molar-refractivity contribution in [1.29, 1.82) is 0 Å². The van der Waals surface area contributed by atoms with Crippen LogP contribution in [0.3, 0.4) is 0 Å². The van der Waals surface area contributed by atoms with Crippen LogP contribution in [0.25, 0.3) is 6.08 Å². The maximum atomic E-state index is 12.1. The van der Waals surface area contributed by atoms with Gasteiger partial charge in [-0.1, -0.05) is 12.1 Å². The third-order valence-electron chi connectivity index (χ3n) is 3.81. The number of anilines is 1. The lowest BCUT2D eigenvalue weighted by molar-refractivity contribution is -0.115. The van der Waals surface area contributed by atoms with Crippen LogP contribution in [0, 0.1) is 0 Å². The number of hydrogen-bond acceptors (Lipinski definition) is 7. The van der Waals surface area contributed by atoms with Crippen molar-refractivity contribution in [2.45, 2.75) is 0 Å². The maximum Gasteiger partial charge on any atom is 0.337 e. The molecule has 2 aromatic rings. The molecule has 0 saturated heterocycles. The second-order valence-corrected chi connectivity index (χ2v) is 6.24. The number of methoxy groups -OCH3 is 3. The van der Waals surface area contributed by atoms with E-state index < -0.39 is 17.8 Å². The summed E-state index contributed by atoms with van der Waals surface area (Å²) in [6.07, 6.45) is 2.94. The summed E-state index contributed by atoms with van der Waals surface area (Å²) in [5.74, 6) is -1.02. The number of nitrogens with one attached hydrogen (secondary N) is 2. The second-order valence-electron chi connectivity index (χ2n) is 5.83. The average Bonchev–Trinajstić information content (AvgIpc) is 2.76. The molecule has 0 atom stereocenters. The van der Waals surface area contributed by atoms with Crippen molar-refractivity contribution in [3.8, 4) is 5.75 Å². The monoisotopic (exact) mass is 428 g/mol. The molecule has 0 aliphatic heterocycles. The molecule has 0 aliphatic carbocycles. The second kappa shape index (κ2) is 10.7. The van der Waals surface area contributed by atoms with Crippen molar-refractivity contribution in [3.05, 3.63) is 65.2 Å². The van der Waals surface area contributed by atoms with Crippen LogP contribution in [-0.4, -0.2) is 44.3 Å². The van der Waals surface area contributed by atoms with Gasteiger partial charge < -0.3 is 19.5 Å². The standard InChI is InChI=1S/C21H20N2O6S/c1-27-17-7-4-13(5-8-17)6-9-18(24)23-21(30)22-16-11-14(19(25)28-2)10-15(12-16)20(26)29-3/h4-12H,1-3H3,(H2,22,23,24,30). The first kappa shape index (κ1) is 22.6. The Hall–Kier alpha value is -3.72. The van der Waals surface area contributed by atoms with E-state index in [1.807, 2.05) is 0 Å². The molecule has 1 amide bonds. The van der Waals surface area contributed by atoms with Gasteiger partial charge >= 0.3 is 11.9 Å². The lowest BCUT2D eigenvalue weighted by Gasteiger charge is -2.11. The highest BCUT2D eigenvalue weighted by Crippen LogP contribution is 2.17. The number of benzene rings is 2. The molecule has 0 spiro atoms. The Morgan fingerprint density at radius 2 is 1.47 bits per heavy atom. The first-order valence-electron chi connectivity index (χ1n) is 8.62. The molecule has 0 unspecified atom stereocenters. The fourth-order valence-corrected chi connectivity index (χ4v) is 2.59. The van der Waals surface area contributed by atoms with Gasteiger partial charge in [0.25, 0.3) is 0 Å². The number of ether oxygens (including phenoxy) is 3. The fraction of sp³-hybridized carbons (Fsp3) is 0.143. The summed E-state index contributed by atoms with van der Waals surface area (Å²) in [5.41, 5.74) is 1.36. The summed E-state index contributed by atoms with van der Waals surface area (Å²) in [5, 5.41) is 5.23. The number of hydrogen-bond donors (Lipinski definition) is 2. The van der Waals surface area contributed by atoms with Crippen LogP contribution < -0.4 is 15.4 Å². The molecule has 0 fully saturated rings. The van der Waals surface area contributed by atoms with Crippen LogP contribution in [0.2, 0.25) is 0 Å². The van der Waals surface area contributed by atoms with Crippen molar-refractivity contribution >= 4 is 46.9 Å². The highest BCUT2D eigenvalue weighted by atomic mass is 32.1. The quantitative estimate of drug-likeness (QED) is 0.411. The van der Waals surface area contributed by atoms with Gasteiger partial charge in [0, 0.05) is 11.8 Å². The number of carbonyl (C=O) groups is 3. The van der Waals surface area contributed by atoms with E-state index in [-0.39, 0.29) is 16.2 Å². The molecular weight excluding hydrogens is 408 g/mol. The number of rotatable bonds is 6. The van der Waals surface area contributed by atoms with Crippen molar-refractivity contribution in [1.82, 2.24) is 5.32 Å². The molecular formula is C21H20N2O6S. The van der Waals surface area contributed by atoms with Gasteiger partial charge in [-0.25, -0.2) is 9.59 Å². The Balaban J connectivity index is 2.06. The van der Waals surface area contributed by atoms with Crippen molar-refractivity contribution in [3.63, 3.8) is 0 Å². The van der Waals surface area contributed by atoms with Crippen LogP contribution >= 0.6 is 12.2 Å². The normalized spacial score (nSPS) is 10.2. The van der Waals surface area contributed by atoms with Gasteiger partial charge in [-0.15, -0.1) is 0 Å². The van der Waals surface area contributed by atoms with E-state index in [1.54, 1.807) is 37.5 Å². The molecule has 0 heterocycles. The molecule has 156 valence electrons. The summed E-state index contributed by atoms with van der Waals surface area (Å²) >= 11 is 5.12. The first-order valence-corrected chi connectivity index (χ1v) is 9.03. The highest BCUT2D eigenvalue weighted by molar-refractivity contribution is 7.80. The van der Waals surface area contributed by atoms with Crippen LogP contribution in [0.15, 0.2) is 48.5 Å². The lowest BCUT2D eigenvalue weighted by Crippen LogP contribution is -2.33. The Bertz CT molecular complexity index is 951. The molecule has 2 aromatic carbocycles. The Morgan fingerprint density at radius 1 is 0.900 bits per heavy atom. The summed E-state index contributed by atoms with van der Waals surface area (Å²) < 4.78 is 14.4. The number of carbonyl (C=O) groups excluding carboxylic acids is 3.